The average molecular weight is 424 g/mol. The van der Waals surface area contributed by atoms with Gasteiger partial charge in [0.25, 0.3) is 0 Å². The minimum atomic E-state index is -0.263. The first-order valence-corrected chi connectivity index (χ1v) is 11.5. The molecule has 0 N–H and O–H groups in total. The summed E-state index contributed by atoms with van der Waals surface area (Å²) in [5.41, 5.74) is 2.05. The second kappa shape index (κ2) is 7.66. The van der Waals surface area contributed by atoms with Crippen molar-refractivity contribution in [1.29, 1.82) is 0 Å². The molecule has 0 unspecified atom stereocenters. The van der Waals surface area contributed by atoms with Crippen molar-refractivity contribution >= 4 is 5.91 Å². The Morgan fingerprint density at radius 3 is 2.71 bits per heavy atom. The minimum absolute atomic E-state index is 0.0998. The van der Waals surface area contributed by atoms with E-state index in [1.807, 2.05) is 34.8 Å². The lowest BCUT2D eigenvalue weighted by Gasteiger charge is -2.54. The molecule has 166 valence electrons. The number of rotatable bonds is 3. The number of para-hydroxylation sites is 1. The van der Waals surface area contributed by atoms with Crippen LogP contribution in [0, 0.1) is 18.3 Å². The van der Waals surface area contributed by atoms with Crippen LogP contribution in [0.4, 0.5) is 0 Å². The fourth-order valence-electron chi connectivity index (χ4n) is 5.63. The van der Waals surface area contributed by atoms with Gasteiger partial charge < -0.3 is 14.4 Å². The summed E-state index contributed by atoms with van der Waals surface area (Å²) in [4.78, 5) is 14.8. The highest BCUT2D eigenvalue weighted by Gasteiger charge is 2.52. The van der Waals surface area contributed by atoms with E-state index < -0.39 is 0 Å². The number of hydrogen-bond donors (Lipinski definition) is 0. The first kappa shape index (κ1) is 20.6. The summed E-state index contributed by atoms with van der Waals surface area (Å²) in [6.45, 7) is 9.40. The van der Waals surface area contributed by atoms with Gasteiger partial charge >= 0.3 is 0 Å². The zero-order valence-electron chi connectivity index (χ0n) is 18.8. The van der Waals surface area contributed by atoms with E-state index in [0.717, 1.165) is 50.4 Å². The first-order chi connectivity index (χ1) is 14.9. The zero-order chi connectivity index (χ0) is 21.6. The molecule has 6 nitrogen and oxygen atoms in total. The van der Waals surface area contributed by atoms with Crippen molar-refractivity contribution in [3.8, 4) is 5.75 Å². The van der Waals surface area contributed by atoms with E-state index in [2.05, 4.69) is 37.1 Å². The number of amides is 1. The number of nitrogens with zero attached hydrogens (tertiary/aromatic N) is 3. The van der Waals surface area contributed by atoms with E-state index in [4.69, 9.17) is 9.47 Å². The van der Waals surface area contributed by atoms with Crippen molar-refractivity contribution in [2.75, 3.05) is 19.7 Å². The summed E-state index contributed by atoms with van der Waals surface area (Å²) in [6.07, 6.45) is 5.64. The van der Waals surface area contributed by atoms with E-state index in [0.29, 0.717) is 18.9 Å². The van der Waals surface area contributed by atoms with Gasteiger partial charge in [-0.2, -0.15) is 5.10 Å². The summed E-state index contributed by atoms with van der Waals surface area (Å²) in [6, 6.07) is 10.3. The van der Waals surface area contributed by atoms with Crippen LogP contribution in [0.1, 0.15) is 56.9 Å². The SMILES string of the molecule is Cc1ccn(CCC(=O)N2CCC3(CC2)CO[C@@H]2c4ccccc4OC(C)(C)[C@H]2C3)n1. The zero-order valence-corrected chi connectivity index (χ0v) is 18.8. The Balaban J connectivity index is 1.22. The van der Waals surface area contributed by atoms with E-state index in [1.165, 1.54) is 5.56 Å². The molecule has 3 aliphatic heterocycles. The predicted molar refractivity (Wildman–Crippen MR) is 118 cm³/mol. The third kappa shape index (κ3) is 3.86. The molecule has 3 aliphatic rings. The number of fused-ring (bicyclic) bond motifs is 3. The van der Waals surface area contributed by atoms with Gasteiger partial charge in [-0.05, 0) is 57.6 Å². The van der Waals surface area contributed by atoms with Crippen LogP contribution in [0.15, 0.2) is 36.5 Å². The van der Waals surface area contributed by atoms with Crippen LogP contribution in [0.5, 0.6) is 5.75 Å². The molecule has 0 radical (unpaired) electrons. The molecule has 0 bridgehead atoms. The molecule has 2 atom stereocenters. The van der Waals surface area contributed by atoms with Gasteiger partial charge in [0.15, 0.2) is 0 Å². The molecule has 2 saturated heterocycles. The Hall–Kier alpha value is -2.34. The first-order valence-electron chi connectivity index (χ1n) is 11.5. The molecule has 0 aliphatic carbocycles. The molecule has 1 aromatic heterocycles. The van der Waals surface area contributed by atoms with Gasteiger partial charge in [-0.25, -0.2) is 0 Å². The number of aromatic nitrogens is 2. The highest BCUT2D eigenvalue weighted by atomic mass is 16.5. The van der Waals surface area contributed by atoms with Gasteiger partial charge in [-0.15, -0.1) is 0 Å². The Labute approximate surface area is 184 Å². The molecule has 1 spiro atoms. The molecule has 2 fully saturated rings. The Kier molecular flexibility index (Phi) is 5.08. The number of hydrogen-bond acceptors (Lipinski definition) is 4. The maximum absolute atomic E-state index is 12.8. The molecule has 2 aromatic rings. The van der Waals surface area contributed by atoms with Crippen molar-refractivity contribution in [1.82, 2.24) is 14.7 Å². The van der Waals surface area contributed by atoms with Crippen LogP contribution >= 0.6 is 0 Å². The highest BCUT2D eigenvalue weighted by Crippen LogP contribution is 2.55. The van der Waals surface area contributed by atoms with Gasteiger partial charge in [0.1, 0.15) is 11.4 Å². The topological polar surface area (TPSA) is 56.6 Å². The second-order valence-corrected chi connectivity index (χ2v) is 10.1. The maximum Gasteiger partial charge on any atom is 0.224 e. The van der Waals surface area contributed by atoms with E-state index >= 15 is 0 Å². The summed E-state index contributed by atoms with van der Waals surface area (Å²) < 4.78 is 14.8. The Morgan fingerprint density at radius 1 is 1.19 bits per heavy atom. The van der Waals surface area contributed by atoms with Crippen molar-refractivity contribution in [2.24, 2.45) is 11.3 Å². The van der Waals surface area contributed by atoms with Crippen LogP contribution in [-0.2, 0) is 16.1 Å². The predicted octanol–water partition coefficient (Wildman–Crippen LogP) is 4.14. The lowest BCUT2D eigenvalue weighted by atomic mass is 9.64. The number of ether oxygens (including phenoxy) is 2. The summed E-state index contributed by atoms with van der Waals surface area (Å²) in [7, 11) is 0. The third-order valence-corrected chi connectivity index (χ3v) is 7.58. The molecule has 31 heavy (non-hydrogen) atoms. The fourth-order valence-corrected chi connectivity index (χ4v) is 5.63. The number of benzene rings is 1. The van der Waals surface area contributed by atoms with Crippen molar-refractivity contribution in [3.05, 3.63) is 47.8 Å². The standard InChI is InChI=1S/C25H33N3O3/c1-18-8-12-28(26-18)13-9-22(29)27-14-10-25(11-15-27)16-20-23(30-17-25)19-6-4-5-7-21(19)31-24(20,2)3/h4-8,12,20,23H,9-11,13-17H2,1-3H3/t20-,23+/m0/s1. The normalized spacial score (nSPS) is 26.1. The summed E-state index contributed by atoms with van der Waals surface area (Å²) in [5, 5.41) is 4.38. The van der Waals surface area contributed by atoms with Crippen molar-refractivity contribution < 1.29 is 14.3 Å². The van der Waals surface area contributed by atoms with Crippen molar-refractivity contribution in [3.63, 3.8) is 0 Å². The molecular formula is C25H33N3O3. The van der Waals surface area contributed by atoms with Crippen molar-refractivity contribution in [2.45, 2.75) is 64.7 Å². The smallest absolute Gasteiger partial charge is 0.224 e. The number of carbonyl (C=O) groups excluding carboxylic acids is 1. The number of likely N-dealkylation sites (tertiary alicyclic amines) is 1. The van der Waals surface area contributed by atoms with Crippen LogP contribution in [0.25, 0.3) is 0 Å². The molecule has 5 rings (SSSR count). The molecule has 1 amide bonds. The van der Waals surface area contributed by atoms with Crippen LogP contribution in [0.2, 0.25) is 0 Å². The van der Waals surface area contributed by atoms with E-state index in [9.17, 15) is 4.79 Å². The van der Waals surface area contributed by atoms with Gasteiger partial charge in [-0.1, -0.05) is 18.2 Å². The van der Waals surface area contributed by atoms with Gasteiger partial charge in [0.2, 0.25) is 5.91 Å². The van der Waals surface area contributed by atoms with Gasteiger partial charge in [-0.3, -0.25) is 9.48 Å². The lowest BCUT2D eigenvalue weighted by molar-refractivity contribution is -0.176. The van der Waals surface area contributed by atoms with Gasteiger partial charge in [0.05, 0.1) is 18.4 Å². The summed E-state index contributed by atoms with van der Waals surface area (Å²) in [5.74, 6) is 1.51. The number of carbonyl (C=O) groups is 1. The molecule has 0 saturated carbocycles. The average Bonchev–Trinajstić information content (AvgIpc) is 3.18. The molecular weight excluding hydrogens is 390 g/mol. The van der Waals surface area contributed by atoms with Crippen LogP contribution in [-0.4, -0.2) is 45.9 Å². The number of aryl methyl sites for hydroxylation is 2. The second-order valence-electron chi connectivity index (χ2n) is 10.1. The van der Waals surface area contributed by atoms with Crippen LogP contribution < -0.4 is 4.74 Å². The third-order valence-electron chi connectivity index (χ3n) is 7.58. The van der Waals surface area contributed by atoms with E-state index in [1.54, 1.807) is 0 Å². The molecule has 6 heteroatoms. The maximum atomic E-state index is 12.8. The lowest BCUT2D eigenvalue weighted by Crippen LogP contribution is -2.54. The highest BCUT2D eigenvalue weighted by molar-refractivity contribution is 5.76. The number of piperidine rings is 1. The van der Waals surface area contributed by atoms with Crippen LogP contribution in [0.3, 0.4) is 0 Å². The Bertz CT molecular complexity index is 958. The fraction of sp³-hybridized carbons (Fsp3) is 0.600. The van der Waals surface area contributed by atoms with Gasteiger partial charge in [0, 0.05) is 43.7 Å². The Morgan fingerprint density at radius 2 is 1.97 bits per heavy atom. The monoisotopic (exact) mass is 423 g/mol. The minimum Gasteiger partial charge on any atom is -0.487 e. The molecule has 1 aromatic carbocycles. The van der Waals surface area contributed by atoms with E-state index in [-0.39, 0.29) is 23.0 Å². The molecule has 4 heterocycles. The quantitative estimate of drug-likeness (QED) is 0.745. The largest absolute Gasteiger partial charge is 0.487 e. The summed E-state index contributed by atoms with van der Waals surface area (Å²) >= 11 is 0.